The van der Waals surface area contributed by atoms with Gasteiger partial charge in [0.25, 0.3) is 5.91 Å². The Morgan fingerprint density at radius 2 is 1.91 bits per heavy atom. The Hall–Kier alpha value is -3.28. The van der Waals surface area contributed by atoms with E-state index in [1.807, 2.05) is 29.2 Å². The number of fused-ring (bicyclic) bond motifs is 1. The molecular weight excluding hydrogens is 436 g/mol. The topological polar surface area (TPSA) is 171 Å². The number of aromatic nitrogens is 4. The molecule has 11 nitrogen and oxygen atoms in total. The van der Waals surface area contributed by atoms with Gasteiger partial charge in [0.15, 0.2) is 11.5 Å². The smallest absolute Gasteiger partial charge is 0.253 e. The first kappa shape index (κ1) is 22.5. The molecule has 2 fully saturated rings. The van der Waals surface area contributed by atoms with Crippen LogP contribution in [0.5, 0.6) is 0 Å². The third-order valence-corrected chi connectivity index (χ3v) is 7.15. The number of hydrogen-bond donors (Lipinski definition) is 4. The Morgan fingerprint density at radius 1 is 1.21 bits per heavy atom. The number of nitrogens with zero attached hydrogens (tertiary/aromatic N) is 5. The first-order valence-corrected chi connectivity index (χ1v) is 11.4. The monoisotopic (exact) mass is 466 g/mol. The molecule has 0 aliphatic carbocycles. The van der Waals surface area contributed by atoms with Gasteiger partial charge in [-0.25, -0.2) is 4.98 Å². The molecule has 2 atom stereocenters. The van der Waals surface area contributed by atoms with Gasteiger partial charge in [0.05, 0.1) is 30.2 Å². The van der Waals surface area contributed by atoms with Gasteiger partial charge in [0, 0.05) is 31.6 Å². The van der Waals surface area contributed by atoms with Gasteiger partial charge < -0.3 is 36.5 Å². The van der Waals surface area contributed by atoms with Crippen molar-refractivity contribution in [2.75, 3.05) is 31.2 Å². The number of aliphatic hydroxyl groups is 1. The molecule has 34 heavy (non-hydrogen) atoms. The van der Waals surface area contributed by atoms with Gasteiger partial charge >= 0.3 is 0 Å². The second-order valence-corrected chi connectivity index (χ2v) is 9.53. The van der Waals surface area contributed by atoms with E-state index in [1.54, 1.807) is 17.8 Å². The van der Waals surface area contributed by atoms with Crippen LogP contribution in [0.2, 0.25) is 0 Å². The predicted molar refractivity (Wildman–Crippen MR) is 127 cm³/mol. The van der Waals surface area contributed by atoms with Gasteiger partial charge in [-0.2, -0.15) is 9.97 Å². The van der Waals surface area contributed by atoms with Gasteiger partial charge in [-0.05, 0) is 37.5 Å². The lowest BCUT2D eigenvalue weighted by Crippen LogP contribution is -2.58. The number of amides is 1. The van der Waals surface area contributed by atoms with E-state index in [9.17, 15) is 9.90 Å². The molecule has 180 valence electrons. The standard InChI is InChI=1S/C23H30N8O3/c1-22(33)12-23(6-8-30(9-7-23)20(32)15-4-2-14(10-24)3-5-15)34-11-16(22)31-13-27-17-18(25)28-21(26)29-19(17)31/h2-5,13,16,33H,6-12,24H2,1H3,(H4,25,26,28,29)/t16-,22-/m1/s1. The number of hydrogen-bond acceptors (Lipinski definition) is 9. The van der Waals surface area contributed by atoms with Gasteiger partial charge in [-0.15, -0.1) is 0 Å². The normalized spacial score (nSPS) is 24.6. The van der Waals surface area contributed by atoms with Crippen LogP contribution in [0.4, 0.5) is 11.8 Å². The minimum absolute atomic E-state index is 0.00128. The lowest BCUT2D eigenvalue weighted by Gasteiger charge is -2.51. The first-order valence-electron chi connectivity index (χ1n) is 11.4. The average molecular weight is 467 g/mol. The Morgan fingerprint density at radius 3 is 2.56 bits per heavy atom. The SMILES string of the molecule is C[C@@]1(O)CC2(CCN(C(=O)c3ccc(CN)cc3)CC2)OC[C@H]1n1cnc2c(N)nc(N)nc21. The van der Waals surface area contributed by atoms with E-state index < -0.39 is 17.2 Å². The fourth-order valence-electron chi connectivity index (χ4n) is 5.22. The number of rotatable bonds is 3. The van der Waals surface area contributed by atoms with Gasteiger partial charge in [-0.1, -0.05) is 12.1 Å². The predicted octanol–water partition coefficient (Wildman–Crippen LogP) is 0.837. The number of imidazole rings is 1. The summed E-state index contributed by atoms with van der Waals surface area (Å²) in [6, 6.07) is 6.98. The van der Waals surface area contributed by atoms with Gasteiger partial charge in [-0.3, -0.25) is 4.79 Å². The van der Waals surface area contributed by atoms with Crippen LogP contribution in [-0.2, 0) is 11.3 Å². The van der Waals surface area contributed by atoms with Crippen molar-refractivity contribution in [2.24, 2.45) is 5.73 Å². The molecule has 0 radical (unpaired) electrons. The molecule has 1 amide bonds. The molecule has 2 aliphatic rings. The van der Waals surface area contributed by atoms with Crippen LogP contribution in [-0.4, -0.2) is 66.3 Å². The van der Waals surface area contributed by atoms with E-state index in [2.05, 4.69) is 15.0 Å². The van der Waals surface area contributed by atoms with Crippen molar-refractivity contribution in [3.8, 4) is 0 Å². The number of piperidine rings is 1. The van der Waals surface area contributed by atoms with Crippen molar-refractivity contribution < 1.29 is 14.6 Å². The highest BCUT2D eigenvalue weighted by Crippen LogP contribution is 2.44. The van der Waals surface area contributed by atoms with Crippen LogP contribution in [0.1, 0.15) is 48.1 Å². The zero-order chi connectivity index (χ0) is 24.1. The molecule has 0 unspecified atom stereocenters. The lowest BCUT2D eigenvalue weighted by molar-refractivity contribution is -0.194. The number of ether oxygens (including phenoxy) is 1. The lowest BCUT2D eigenvalue weighted by atomic mass is 9.75. The second-order valence-electron chi connectivity index (χ2n) is 9.53. The first-order chi connectivity index (χ1) is 16.2. The summed E-state index contributed by atoms with van der Waals surface area (Å²) in [4.78, 5) is 27.3. The summed E-state index contributed by atoms with van der Waals surface area (Å²) in [6.07, 6.45) is 3.31. The van der Waals surface area contributed by atoms with E-state index in [1.165, 1.54) is 0 Å². The number of nitrogen functional groups attached to an aromatic ring is 2. The zero-order valence-corrected chi connectivity index (χ0v) is 19.1. The highest BCUT2D eigenvalue weighted by atomic mass is 16.5. The fraction of sp³-hybridized carbons (Fsp3) is 0.478. The van der Waals surface area contributed by atoms with E-state index >= 15 is 0 Å². The Labute approximate surface area is 196 Å². The molecule has 1 aromatic carbocycles. The van der Waals surface area contributed by atoms with Crippen molar-refractivity contribution in [3.05, 3.63) is 41.7 Å². The van der Waals surface area contributed by atoms with Gasteiger partial charge in [0.1, 0.15) is 5.52 Å². The van der Waals surface area contributed by atoms with Crippen molar-refractivity contribution in [3.63, 3.8) is 0 Å². The Bertz CT molecular complexity index is 1210. The summed E-state index contributed by atoms with van der Waals surface area (Å²) in [5, 5.41) is 11.5. The molecule has 2 aromatic heterocycles. The number of carbonyl (C=O) groups excluding carboxylic acids is 1. The van der Waals surface area contributed by atoms with E-state index in [4.69, 9.17) is 21.9 Å². The van der Waals surface area contributed by atoms with Crippen LogP contribution in [0.25, 0.3) is 11.2 Å². The highest BCUT2D eigenvalue weighted by Gasteiger charge is 2.50. The molecule has 4 heterocycles. The number of anilines is 2. The van der Waals surface area contributed by atoms with E-state index in [0.29, 0.717) is 55.6 Å². The third kappa shape index (κ3) is 3.85. The average Bonchev–Trinajstić information content (AvgIpc) is 3.22. The van der Waals surface area contributed by atoms with Crippen molar-refractivity contribution in [2.45, 2.75) is 50.0 Å². The summed E-state index contributed by atoms with van der Waals surface area (Å²) >= 11 is 0. The van der Waals surface area contributed by atoms with Crippen LogP contribution in [0, 0.1) is 0 Å². The highest BCUT2D eigenvalue weighted by molar-refractivity contribution is 5.94. The van der Waals surface area contributed by atoms with Crippen molar-refractivity contribution >= 4 is 28.8 Å². The molecule has 0 bridgehead atoms. The Balaban J connectivity index is 1.29. The molecule has 3 aromatic rings. The van der Waals surface area contributed by atoms with Gasteiger partial charge in [0.2, 0.25) is 5.95 Å². The third-order valence-electron chi connectivity index (χ3n) is 7.15. The zero-order valence-electron chi connectivity index (χ0n) is 19.1. The number of benzene rings is 1. The second kappa shape index (κ2) is 8.19. The minimum Gasteiger partial charge on any atom is -0.388 e. The van der Waals surface area contributed by atoms with Crippen LogP contribution < -0.4 is 17.2 Å². The molecule has 2 saturated heterocycles. The molecular formula is C23H30N8O3. The Kier molecular flexibility index (Phi) is 5.42. The summed E-state index contributed by atoms with van der Waals surface area (Å²) in [5.74, 6) is 0.247. The molecule has 2 aliphatic heterocycles. The maximum atomic E-state index is 12.9. The molecule has 0 saturated carbocycles. The molecule has 5 rings (SSSR count). The van der Waals surface area contributed by atoms with E-state index in [-0.39, 0.29) is 24.3 Å². The molecule has 11 heteroatoms. The summed E-state index contributed by atoms with van der Waals surface area (Å²) in [6.45, 7) is 3.65. The van der Waals surface area contributed by atoms with Crippen molar-refractivity contribution in [1.82, 2.24) is 24.4 Å². The van der Waals surface area contributed by atoms with E-state index in [0.717, 1.165) is 5.56 Å². The van der Waals surface area contributed by atoms with Crippen LogP contribution in [0.15, 0.2) is 30.6 Å². The summed E-state index contributed by atoms with van der Waals surface area (Å²) in [5.41, 5.74) is 18.3. The molecule has 7 N–H and O–H groups in total. The summed E-state index contributed by atoms with van der Waals surface area (Å²) < 4.78 is 8.15. The number of nitrogens with two attached hydrogens (primary N) is 3. The number of carbonyl (C=O) groups is 1. The maximum Gasteiger partial charge on any atom is 0.253 e. The van der Waals surface area contributed by atoms with Crippen molar-refractivity contribution in [1.29, 1.82) is 0 Å². The van der Waals surface area contributed by atoms with Crippen LogP contribution in [0.3, 0.4) is 0 Å². The quantitative estimate of drug-likeness (QED) is 0.436. The fourth-order valence-corrected chi connectivity index (χ4v) is 5.22. The largest absolute Gasteiger partial charge is 0.388 e. The minimum atomic E-state index is -1.09. The van der Waals surface area contributed by atoms with Crippen LogP contribution >= 0.6 is 0 Å². The maximum absolute atomic E-state index is 12.9. The molecule has 1 spiro atoms. The number of likely N-dealkylation sites (tertiary alicyclic amines) is 1. The summed E-state index contributed by atoms with van der Waals surface area (Å²) in [7, 11) is 0.